The summed E-state index contributed by atoms with van der Waals surface area (Å²) in [5, 5.41) is 18.0. The van der Waals surface area contributed by atoms with Crippen LogP contribution in [-0.2, 0) is 0 Å². The second-order valence-corrected chi connectivity index (χ2v) is 5.25. The minimum Gasteiger partial charge on any atom is -0.478 e. The molecule has 0 aliphatic carbocycles. The highest BCUT2D eigenvalue weighted by Crippen LogP contribution is 2.17. The van der Waals surface area contributed by atoms with Crippen molar-refractivity contribution in [2.75, 3.05) is 0 Å². The Kier molecular flexibility index (Phi) is 4.85. The van der Waals surface area contributed by atoms with E-state index in [0.29, 0.717) is 11.5 Å². The Morgan fingerprint density at radius 3 is 2.22 bits per heavy atom. The Labute approximate surface area is 133 Å². The quantitative estimate of drug-likeness (QED) is 0.879. The van der Waals surface area contributed by atoms with Gasteiger partial charge in [-0.05, 0) is 29.7 Å². The van der Waals surface area contributed by atoms with Gasteiger partial charge in [0.15, 0.2) is 5.82 Å². The molecule has 23 heavy (non-hydrogen) atoms. The van der Waals surface area contributed by atoms with Gasteiger partial charge in [0.2, 0.25) is 0 Å². The van der Waals surface area contributed by atoms with Gasteiger partial charge in [-0.25, -0.2) is 19.6 Å². The molecule has 0 aliphatic heterocycles. The average Bonchev–Trinajstić information content (AvgIpc) is 2.52. The highest BCUT2D eigenvalue weighted by molar-refractivity contribution is 5.89. The maximum Gasteiger partial charge on any atom is 0.339 e. The molecule has 6 heteroatoms. The molecule has 1 aromatic carbocycles. The highest BCUT2D eigenvalue weighted by Gasteiger charge is 2.15. The number of rotatable bonds is 5. The van der Waals surface area contributed by atoms with Crippen LogP contribution in [0.25, 0.3) is 12.2 Å². The molecule has 118 valence electrons. The number of benzene rings is 1. The summed E-state index contributed by atoms with van der Waals surface area (Å²) in [5.41, 5.74) is 1.59. The van der Waals surface area contributed by atoms with E-state index < -0.39 is 11.9 Å². The third-order valence-corrected chi connectivity index (χ3v) is 3.20. The van der Waals surface area contributed by atoms with Crippen LogP contribution in [0.5, 0.6) is 0 Å². The third-order valence-electron chi connectivity index (χ3n) is 3.20. The van der Waals surface area contributed by atoms with Gasteiger partial charge in [-0.15, -0.1) is 0 Å². The molecule has 2 rings (SSSR count). The van der Waals surface area contributed by atoms with E-state index in [-0.39, 0.29) is 17.0 Å². The SMILES string of the molecule is CC(C)c1nc(C=Cc2ccc(C(=O)O)cc2)ncc1C(=O)O. The van der Waals surface area contributed by atoms with Crippen LogP contribution in [0, 0.1) is 0 Å². The number of aromatic carboxylic acids is 2. The van der Waals surface area contributed by atoms with E-state index in [2.05, 4.69) is 9.97 Å². The number of aromatic nitrogens is 2. The van der Waals surface area contributed by atoms with Crippen LogP contribution in [0.2, 0.25) is 0 Å². The summed E-state index contributed by atoms with van der Waals surface area (Å²) in [6.07, 6.45) is 4.71. The van der Waals surface area contributed by atoms with E-state index in [9.17, 15) is 9.59 Å². The first-order chi connectivity index (χ1) is 10.9. The Hall–Kier alpha value is -3.02. The van der Waals surface area contributed by atoms with Gasteiger partial charge in [-0.3, -0.25) is 0 Å². The summed E-state index contributed by atoms with van der Waals surface area (Å²) in [4.78, 5) is 30.3. The second kappa shape index (κ2) is 6.83. The van der Waals surface area contributed by atoms with Crippen molar-refractivity contribution in [3.63, 3.8) is 0 Å². The maximum absolute atomic E-state index is 11.2. The maximum atomic E-state index is 11.2. The Bertz CT molecular complexity index is 765. The number of hydrogen-bond acceptors (Lipinski definition) is 4. The van der Waals surface area contributed by atoms with Crippen LogP contribution in [0.3, 0.4) is 0 Å². The lowest BCUT2D eigenvalue weighted by atomic mass is 10.1. The fourth-order valence-corrected chi connectivity index (χ4v) is 2.00. The van der Waals surface area contributed by atoms with Crippen molar-refractivity contribution in [1.29, 1.82) is 0 Å². The lowest BCUT2D eigenvalue weighted by Gasteiger charge is -2.08. The number of carboxylic acids is 2. The summed E-state index contributed by atoms with van der Waals surface area (Å²) >= 11 is 0. The van der Waals surface area contributed by atoms with E-state index in [1.165, 1.54) is 18.3 Å². The van der Waals surface area contributed by atoms with Gasteiger partial charge < -0.3 is 10.2 Å². The normalized spacial score (nSPS) is 11.1. The summed E-state index contributed by atoms with van der Waals surface area (Å²) in [6.45, 7) is 3.74. The van der Waals surface area contributed by atoms with E-state index >= 15 is 0 Å². The summed E-state index contributed by atoms with van der Waals surface area (Å²) in [6, 6.07) is 6.37. The van der Waals surface area contributed by atoms with Crippen LogP contribution >= 0.6 is 0 Å². The first-order valence-corrected chi connectivity index (χ1v) is 7.00. The van der Waals surface area contributed by atoms with Gasteiger partial charge >= 0.3 is 11.9 Å². The van der Waals surface area contributed by atoms with Crippen molar-refractivity contribution in [2.24, 2.45) is 0 Å². The number of nitrogens with zero attached hydrogens (tertiary/aromatic N) is 2. The number of carbonyl (C=O) groups is 2. The van der Waals surface area contributed by atoms with Gasteiger partial charge in [0.1, 0.15) is 0 Å². The molecule has 0 radical (unpaired) electrons. The zero-order valence-corrected chi connectivity index (χ0v) is 12.7. The van der Waals surface area contributed by atoms with Crippen molar-refractivity contribution in [2.45, 2.75) is 19.8 Å². The molecule has 1 heterocycles. The lowest BCUT2D eigenvalue weighted by Crippen LogP contribution is -2.08. The summed E-state index contributed by atoms with van der Waals surface area (Å²) < 4.78 is 0. The molecule has 0 atom stereocenters. The van der Waals surface area contributed by atoms with Gasteiger partial charge in [-0.1, -0.05) is 32.1 Å². The fourth-order valence-electron chi connectivity index (χ4n) is 2.00. The zero-order valence-electron chi connectivity index (χ0n) is 12.7. The van der Waals surface area contributed by atoms with Crippen molar-refractivity contribution < 1.29 is 19.8 Å². The minimum absolute atomic E-state index is 0.0360. The van der Waals surface area contributed by atoms with Crippen LogP contribution < -0.4 is 0 Å². The van der Waals surface area contributed by atoms with Crippen LogP contribution in [0.15, 0.2) is 30.5 Å². The predicted octanol–water partition coefficient (Wildman–Crippen LogP) is 3.17. The first kappa shape index (κ1) is 16.4. The standard InChI is InChI=1S/C17H16N2O4/c1-10(2)15-13(17(22)23)9-18-14(19-15)8-5-11-3-6-12(7-4-11)16(20)21/h3-10H,1-2H3,(H,20,21)(H,22,23). The minimum atomic E-state index is -1.05. The zero-order chi connectivity index (χ0) is 17.0. The highest BCUT2D eigenvalue weighted by atomic mass is 16.4. The average molecular weight is 312 g/mol. The molecule has 0 bridgehead atoms. The second-order valence-electron chi connectivity index (χ2n) is 5.25. The van der Waals surface area contributed by atoms with Crippen molar-refractivity contribution in [3.05, 3.63) is 58.7 Å². The van der Waals surface area contributed by atoms with Crippen molar-refractivity contribution in [3.8, 4) is 0 Å². The van der Waals surface area contributed by atoms with Gasteiger partial charge in [0, 0.05) is 6.20 Å². The van der Waals surface area contributed by atoms with Crippen LogP contribution in [0.1, 0.15) is 57.6 Å². The molecule has 0 spiro atoms. The van der Waals surface area contributed by atoms with Crippen LogP contribution in [-0.4, -0.2) is 32.1 Å². The molecule has 1 aromatic heterocycles. The summed E-state index contributed by atoms with van der Waals surface area (Å²) in [7, 11) is 0. The Balaban J connectivity index is 2.27. The largest absolute Gasteiger partial charge is 0.478 e. The molecular weight excluding hydrogens is 296 g/mol. The molecular formula is C17H16N2O4. The van der Waals surface area contributed by atoms with Crippen molar-refractivity contribution in [1.82, 2.24) is 9.97 Å². The van der Waals surface area contributed by atoms with E-state index in [1.807, 2.05) is 13.8 Å². The molecule has 0 saturated heterocycles. The molecule has 6 nitrogen and oxygen atoms in total. The van der Waals surface area contributed by atoms with E-state index in [1.54, 1.807) is 24.3 Å². The topological polar surface area (TPSA) is 100 Å². The van der Waals surface area contributed by atoms with Crippen LogP contribution in [0.4, 0.5) is 0 Å². The summed E-state index contributed by atoms with van der Waals surface area (Å²) in [5.74, 6) is -1.66. The first-order valence-electron chi connectivity index (χ1n) is 7.00. The molecule has 2 aromatic rings. The van der Waals surface area contributed by atoms with Gasteiger partial charge in [0.25, 0.3) is 0 Å². The lowest BCUT2D eigenvalue weighted by molar-refractivity contribution is 0.0684. The molecule has 0 unspecified atom stereocenters. The Morgan fingerprint density at radius 2 is 1.70 bits per heavy atom. The molecule has 0 aliphatic rings. The predicted molar refractivity (Wildman–Crippen MR) is 85.4 cm³/mol. The smallest absolute Gasteiger partial charge is 0.339 e. The van der Waals surface area contributed by atoms with E-state index in [0.717, 1.165) is 5.56 Å². The van der Waals surface area contributed by atoms with Crippen molar-refractivity contribution >= 4 is 24.1 Å². The number of carboxylic acid groups (broad SMARTS) is 2. The molecule has 2 N–H and O–H groups in total. The molecule has 0 saturated carbocycles. The fraction of sp³-hybridized carbons (Fsp3) is 0.176. The molecule has 0 amide bonds. The van der Waals surface area contributed by atoms with E-state index in [4.69, 9.17) is 10.2 Å². The molecule has 0 fully saturated rings. The third kappa shape index (κ3) is 4.00. The Morgan fingerprint density at radius 1 is 1.04 bits per heavy atom. The number of hydrogen-bond donors (Lipinski definition) is 2. The monoisotopic (exact) mass is 312 g/mol. The van der Waals surface area contributed by atoms with Gasteiger partial charge in [-0.2, -0.15) is 0 Å². The van der Waals surface area contributed by atoms with Gasteiger partial charge in [0.05, 0.1) is 16.8 Å².